The van der Waals surface area contributed by atoms with Gasteiger partial charge < -0.3 is 14.4 Å². The molecule has 3 nitrogen and oxygen atoms in total. The fraction of sp³-hybridized carbons (Fsp3) is 0.286. The number of aliphatic hydroxyl groups excluding tert-OH is 1. The van der Waals surface area contributed by atoms with Gasteiger partial charge in [0.15, 0.2) is 0 Å². The fourth-order valence-electron chi connectivity index (χ4n) is 1.88. The fourth-order valence-corrected chi connectivity index (χ4v) is 1.88. The molecule has 1 unspecified atom stereocenters. The SMILES string of the molecule is COc1ccc(Cn2cccc2C(C)O)cc1. The van der Waals surface area contributed by atoms with Gasteiger partial charge in [-0.3, -0.25) is 0 Å². The molecule has 1 atom stereocenters. The van der Waals surface area contributed by atoms with E-state index in [0.717, 1.165) is 18.0 Å². The standard InChI is InChI=1S/C14H17NO2/c1-11(16)14-4-3-9-15(14)10-12-5-7-13(17-2)8-6-12/h3-9,11,16H,10H2,1-2H3. The minimum Gasteiger partial charge on any atom is -0.497 e. The van der Waals surface area contributed by atoms with Gasteiger partial charge in [0.2, 0.25) is 0 Å². The lowest BCUT2D eigenvalue weighted by atomic mass is 10.2. The highest BCUT2D eigenvalue weighted by molar-refractivity contribution is 5.27. The lowest BCUT2D eigenvalue weighted by molar-refractivity contribution is 0.190. The molecule has 17 heavy (non-hydrogen) atoms. The second kappa shape index (κ2) is 5.06. The molecule has 0 radical (unpaired) electrons. The molecule has 0 amide bonds. The molecule has 0 saturated heterocycles. The zero-order chi connectivity index (χ0) is 12.3. The number of methoxy groups -OCH3 is 1. The Kier molecular flexibility index (Phi) is 3.49. The van der Waals surface area contributed by atoms with Gasteiger partial charge in [0.25, 0.3) is 0 Å². The predicted octanol–water partition coefficient (Wildman–Crippen LogP) is 2.60. The van der Waals surface area contributed by atoms with Crippen LogP contribution in [0.15, 0.2) is 42.6 Å². The van der Waals surface area contributed by atoms with E-state index in [1.165, 1.54) is 5.56 Å². The van der Waals surface area contributed by atoms with Gasteiger partial charge >= 0.3 is 0 Å². The van der Waals surface area contributed by atoms with E-state index in [2.05, 4.69) is 0 Å². The van der Waals surface area contributed by atoms with Crippen molar-refractivity contribution in [1.82, 2.24) is 4.57 Å². The monoisotopic (exact) mass is 231 g/mol. The van der Waals surface area contributed by atoms with Crippen molar-refractivity contribution in [2.75, 3.05) is 7.11 Å². The van der Waals surface area contributed by atoms with Crippen molar-refractivity contribution in [3.8, 4) is 5.75 Å². The van der Waals surface area contributed by atoms with Gasteiger partial charge in [0.05, 0.1) is 13.2 Å². The maximum Gasteiger partial charge on any atom is 0.118 e. The summed E-state index contributed by atoms with van der Waals surface area (Å²) in [4.78, 5) is 0. The summed E-state index contributed by atoms with van der Waals surface area (Å²) < 4.78 is 7.17. The zero-order valence-corrected chi connectivity index (χ0v) is 10.1. The van der Waals surface area contributed by atoms with Crippen LogP contribution >= 0.6 is 0 Å². The van der Waals surface area contributed by atoms with E-state index in [-0.39, 0.29) is 0 Å². The molecule has 90 valence electrons. The Morgan fingerprint density at radius 2 is 1.94 bits per heavy atom. The number of hydrogen-bond donors (Lipinski definition) is 1. The number of nitrogens with zero attached hydrogens (tertiary/aromatic N) is 1. The zero-order valence-electron chi connectivity index (χ0n) is 10.1. The lowest BCUT2D eigenvalue weighted by Gasteiger charge is -2.11. The minimum atomic E-state index is -0.441. The van der Waals surface area contributed by atoms with Crippen molar-refractivity contribution >= 4 is 0 Å². The Hall–Kier alpha value is -1.74. The highest BCUT2D eigenvalue weighted by Gasteiger charge is 2.06. The van der Waals surface area contributed by atoms with E-state index in [1.54, 1.807) is 14.0 Å². The maximum atomic E-state index is 9.61. The molecule has 0 spiro atoms. The van der Waals surface area contributed by atoms with Gasteiger partial charge in [-0.05, 0) is 36.8 Å². The quantitative estimate of drug-likeness (QED) is 0.877. The van der Waals surface area contributed by atoms with E-state index in [4.69, 9.17) is 4.74 Å². The summed E-state index contributed by atoms with van der Waals surface area (Å²) in [6, 6.07) is 11.8. The molecule has 0 aliphatic carbocycles. The van der Waals surface area contributed by atoms with Gasteiger partial charge in [-0.1, -0.05) is 12.1 Å². The highest BCUT2D eigenvalue weighted by Crippen LogP contribution is 2.16. The van der Waals surface area contributed by atoms with Crippen molar-refractivity contribution in [2.45, 2.75) is 19.6 Å². The second-order valence-corrected chi connectivity index (χ2v) is 4.09. The van der Waals surface area contributed by atoms with Gasteiger partial charge in [-0.15, -0.1) is 0 Å². The van der Waals surface area contributed by atoms with Crippen LogP contribution < -0.4 is 4.74 Å². The largest absolute Gasteiger partial charge is 0.497 e. The van der Waals surface area contributed by atoms with Crippen LogP contribution in [-0.4, -0.2) is 16.8 Å². The number of aromatic nitrogens is 1. The summed E-state index contributed by atoms with van der Waals surface area (Å²) in [5.41, 5.74) is 2.12. The Balaban J connectivity index is 2.16. The molecule has 1 aromatic carbocycles. The number of aliphatic hydroxyl groups is 1. The topological polar surface area (TPSA) is 34.4 Å². The van der Waals surface area contributed by atoms with E-state index < -0.39 is 6.10 Å². The van der Waals surface area contributed by atoms with Gasteiger partial charge in [-0.2, -0.15) is 0 Å². The van der Waals surface area contributed by atoms with Crippen molar-refractivity contribution in [3.63, 3.8) is 0 Å². The predicted molar refractivity (Wildman–Crippen MR) is 67.2 cm³/mol. The van der Waals surface area contributed by atoms with Crippen LogP contribution in [0, 0.1) is 0 Å². The molecule has 0 aliphatic heterocycles. The molecule has 0 bridgehead atoms. The first-order valence-electron chi connectivity index (χ1n) is 5.66. The first-order valence-corrected chi connectivity index (χ1v) is 5.66. The van der Waals surface area contributed by atoms with Crippen molar-refractivity contribution in [2.24, 2.45) is 0 Å². The molecular weight excluding hydrogens is 214 g/mol. The Morgan fingerprint density at radius 3 is 2.53 bits per heavy atom. The molecule has 0 saturated carbocycles. The van der Waals surface area contributed by atoms with Crippen molar-refractivity contribution in [3.05, 3.63) is 53.9 Å². The molecule has 1 heterocycles. The Morgan fingerprint density at radius 1 is 1.24 bits per heavy atom. The number of benzene rings is 1. The third-order valence-electron chi connectivity index (χ3n) is 2.80. The molecule has 0 fully saturated rings. The first kappa shape index (κ1) is 11.7. The molecular formula is C14H17NO2. The lowest BCUT2D eigenvalue weighted by Crippen LogP contribution is -2.05. The van der Waals surface area contributed by atoms with Crippen LogP contribution in [0.1, 0.15) is 24.3 Å². The van der Waals surface area contributed by atoms with E-state index in [0.29, 0.717) is 0 Å². The molecule has 2 rings (SSSR count). The number of hydrogen-bond acceptors (Lipinski definition) is 2. The minimum absolute atomic E-state index is 0.441. The van der Waals surface area contributed by atoms with Crippen LogP contribution in [-0.2, 0) is 6.54 Å². The molecule has 1 N–H and O–H groups in total. The van der Waals surface area contributed by atoms with E-state index in [9.17, 15) is 5.11 Å². The highest BCUT2D eigenvalue weighted by atomic mass is 16.5. The van der Waals surface area contributed by atoms with Gasteiger partial charge in [0.1, 0.15) is 5.75 Å². The van der Waals surface area contributed by atoms with Crippen LogP contribution in [0.4, 0.5) is 0 Å². The van der Waals surface area contributed by atoms with Crippen LogP contribution in [0.25, 0.3) is 0 Å². The number of ether oxygens (including phenoxy) is 1. The molecule has 2 aromatic rings. The van der Waals surface area contributed by atoms with Gasteiger partial charge in [-0.25, -0.2) is 0 Å². The first-order chi connectivity index (χ1) is 8.20. The summed E-state index contributed by atoms with van der Waals surface area (Å²) in [6.45, 7) is 2.54. The molecule has 1 aromatic heterocycles. The average Bonchev–Trinajstić information content (AvgIpc) is 2.78. The third kappa shape index (κ3) is 2.68. The third-order valence-corrected chi connectivity index (χ3v) is 2.80. The van der Waals surface area contributed by atoms with Crippen LogP contribution in [0.3, 0.4) is 0 Å². The summed E-state index contributed by atoms with van der Waals surface area (Å²) in [5.74, 6) is 0.858. The van der Waals surface area contributed by atoms with Crippen molar-refractivity contribution < 1.29 is 9.84 Å². The Labute approximate surface area is 101 Å². The number of rotatable bonds is 4. The smallest absolute Gasteiger partial charge is 0.118 e. The molecule has 3 heteroatoms. The average molecular weight is 231 g/mol. The second-order valence-electron chi connectivity index (χ2n) is 4.09. The summed E-state index contributed by atoms with van der Waals surface area (Å²) in [5, 5.41) is 9.61. The van der Waals surface area contributed by atoms with E-state index >= 15 is 0 Å². The van der Waals surface area contributed by atoms with Crippen LogP contribution in [0.5, 0.6) is 5.75 Å². The van der Waals surface area contributed by atoms with E-state index in [1.807, 2.05) is 47.2 Å². The van der Waals surface area contributed by atoms with Crippen molar-refractivity contribution in [1.29, 1.82) is 0 Å². The Bertz CT molecular complexity index is 471. The van der Waals surface area contributed by atoms with Crippen LogP contribution in [0.2, 0.25) is 0 Å². The molecule has 0 aliphatic rings. The van der Waals surface area contributed by atoms with Gasteiger partial charge in [0, 0.05) is 18.4 Å². The normalized spacial score (nSPS) is 12.4. The summed E-state index contributed by atoms with van der Waals surface area (Å²) >= 11 is 0. The maximum absolute atomic E-state index is 9.61. The summed E-state index contributed by atoms with van der Waals surface area (Å²) in [7, 11) is 1.66. The summed E-state index contributed by atoms with van der Waals surface area (Å²) in [6.07, 6.45) is 1.54.